The highest BCUT2D eigenvalue weighted by atomic mass is 16.3. The maximum atomic E-state index is 11.7. The Labute approximate surface area is 98.5 Å². The van der Waals surface area contributed by atoms with Crippen molar-refractivity contribution in [2.45, 2.75) is 13.3 Å². The third-order valence-corrected chi connectivity index (χ3v) is 2.63. The largest absolute Gasteiger partial charge is 0.396 e. The molecule has 1 rings (SSSR count). The van der Waals surface area contributed by atoms with Crippen LogP contribution in [-0.4, -0.2) is 34.4 Å². The lowest BCUT2D eigenvalue weighted by atomic mass is 10.3. The van der Waals surface area contributed by atoms with Crippen LogP contribution >= 0.6 is 0 Å². The Morgan fingerprint density at radius 2 is 2.12 bits per heavy atom. The van der Waals surface area contributed by atoms with Crippen LogP contribution < -0.4 is 21.9 Å². The minimum atomic E-state index is -0.533. The highest BCUT2D eigenvalue weighted by molar-refractivity contribution is 5.62. The number of nitrogen functional groups attached to an aromatic ring is 1. The minimum Gasteiger partial charge on any atom is -0.396 e. The second kappa shape index (κ2) is 5.53. The molecule has 0 unspecified atom stereocenters. The third kappa shape index (κ3) is 2.68. The van der Waals surface area contributed by atoms with E-state index in [1.165, 1.54) is 11.6 Å². The predicted molar refractivity (Wildman–Crippen MR) is 66.3 cm³/mol. The van der Waals surface area contributed by atoms with E-state index < -0.39 is 11.2 Å². The van der Waals surface area contributed by atoms with Crippen LogP contribution in [0.2, 0.25) is 0 Å². The van der Waals surface area contributed by atoms with Gasteiger partial charge in [0, 0.05) is 26.7 Å². The van der Waals surface area contributed by atoms with Crippen LogP contribution in [0.3, 0.4) is 0 Å². The molecule has 0 bridgehead atoms. The van der Waals surface area contributed by atoms with Crippen molar-refractivity contribution in [1.82, 2.24) is 9.55 Å². The average molecular weight is 242 g/mol. The molecule has 17 heavy (non-hydrogen) atoms. The highest BCUT2D eigenvalue weighted by Crippen LogP contribution is 2.15. The lowest BCUT2D eigenvalue weighted by molar-refractivity contribution is 0.289. The first-order valence-corrected chi connectivity index (χ1v) is 5.47. The van der Waals surface area contributed by atoms with Gasteiger partial charge in [-0.2, -0.15) is 0 Å². The number of aliphatic hydroxyl groups is 1. The van der Waals surface area contributed by atoms with E-state index >= 15 is 0 Å². The molecule has 0 atom stereocenters. The summed E-state index contributed by atoms with van der Waals surface area (Å²) >= 11 is 0. The lowest BCUT2D eigenvalue weighted by Crippen LogP contribution is -2.38. The molecule has 0 radical (unpaired) electrons. The molecule has 0 aromatic carbocycles. The summed E-state index contributed by atoms with van der Waals surface area (Å²) in [7, 11) is 1.50. The molecule has 0 aliphatic carbocycles. The van der Waals surface area contributed by atoms with Gasteiger partial charge in [-0.3, -0.25) is 14.3 Å². The van der Waals surface area contributed by atoms with Crippen LogP contribution in [0, 0.1) is 0 Å². The van der Waals surface area contributed by atoms with Gasteiger partial charge in [0.15, 0.2) is 0 Å². The van der Waals surface area contributed by atoms with Gasteiger partial charge in [0.2, 0.25) is 0 Å². The minimum absolute atomic E-state index is 0.0417. The molecule has 0 spiro atoms. The van der Waals surface area contributed by atoms with Gasteiger partial charge < -0.3 is 15.7 Å². The fourth-order valence-corrected chi connectivity index (χ4v) is 1.62. The second-order valence-corrected chi connectivity index (χ2v) is 3.71. The van der Waals surface area contributed by atoms with E-state index in [9.17, 15) is 9.59 Å². The van der Waals surface area contributed by atoms with Gasteiger partial charge >= 0.3 is 5.69 Å². The lowest BCUT2D eigenvalue weighted by Gasteiger charge is -2.23. The summed E-state index contributed by atoms with van der Waals surface area (Å²) in [5.41, 5.74) is 5.02. The average Bonchev–Trinajstić information content (AvgIpc) is 2.30. The summed E-state index contributed by atoms with van der Waals surface area (Å²) in [5, 5.41) is 8.80. The van der Waals surface area contributed by atoms with Crippen LogP contribution in [0.15, 0.2) is 9.59 Å². The number of H-pyrrole nitrogens is 1. The van der Waals surface area contributed by atoms with Crippen molar-refractivity contribution < 1.29 is 5.11 Å². The second-order valence-electron chi connectivity index (χ2n) is 3.71. The van der Waals surface area contributed by atoms with Crippen LogP contribution in [0.1, 0.15) is 13.3 Å². The van der Waals surface area contributed by atoms with E-state index in [4.69, 9.17) is 10.8 Å². The van der Waals surface area contributed by atoms with Crippen molar-refractivity contribution in [2.24, 2.45) is 7.05 Å². The molecule has 96 valence electrons. The molecule has 0 amide bonds. The number of hydrogen-bond donors (Lipinski definition) is 3. The van der Waals surface area contributed by atoms with Crippen molar-refractivity contribution in [3.8, 4) is 0 Å². The smallest absolute Gasteiger partial charge is 0.329 e. The normalized spacial score (nSPS) is 10.5. The van der Waals surface area contributed by atoms with E-state index in [1.54, 1.807) is 4.90 Å². The zero-order valence-corrected chi connectivity index (χ0v) is 10.1. The van der Waals surface area contributed by atoms with E-state index in [2.05, 4.69) is 4.98 Å². The Hall–Kier alpha value is -1.76. The number of aromatic amines is 1. The maximum Gasteiger partial charge on any atom is 0.329 e. The summed E-state index contributed by atoms with van der Waals surface area (Å²) in [6.45, 7) is 3.01. The summed E-state index contributed by atoms with van der Waals surface area (Å²) < 4.78 is 1.19. The van der Waals surface area contributed by atoms with Crippen molar-refractivity contribution in [3.63, 3.8) is 0 Å². The predicted octanol–water partition coefficient (Wildman–Crippen LogP) is -1.14. The van der Waals surface area contributed by atoms with Gasteiger partial charge in [0.25, 0.3) is 5.56 Å². The molecule has 7 heteroatoms. The highest BCUT2D eigenvalue weighted by Gasteiger charge is 2.15. The quantitative estimate of drug-likeness (QED) is 0.605. The Bertz CT molecular complexity index is 491. The topological polar surface area (TPSA) is 104 Å². The molecule has 0 fully saturated rings. The van der Waals surface area contributed by atoms with Crippen molar-refractivity contribution >= 4 is 11.5 Å². The third-order valence-electron chi connectivity index (χ3n) is 2.63. The molecule has 7 nitrogen and oxygen atoms in total. The Kier molecular flexibility index (Phi) is 4.33. The Balaban J connectivity index is 3.24. The van der Waals surface area contributed by atoms with Gasteiger partial charge in [-0.25, -0.2) is 4.79 Å². The molecule has 1 heterocycles. The number of anilines is 2. The van der Waals surface area contributed by atoms with Crippen LogP contribution in [0.5, 0.6) is 0 Å². The monoisotopic (exact) mass is 242 g/mol. The van der Waals surface area contributed by atoms with E-state index in [1.807, 2.05) is 6.92 Å². The first-order valence-electron chi connectivity index (χ1n) is 5.47. The van der Waals surface area contributed by atoms with Crippen molar-refractivity contribution in [3.05, 3.63) is 20.8 Å². The summed E-state index contributed by atoms with van der Waals surface area (Å²) in [6.07, 6.45) is 0.537. The van der Waals surface area contributed by atoms with Gasteiger partial charge in [-0.15, -0.1) is 0 Å². The standard InChI is InChI=1S/C10H18N4O3/c1-3-14(5-4-6-15)7-8(11)13(2)10(17)12-9(7)16/h15H,3-6,11H2,1-2H3,(H,12,16,17). The number of rotatable bonds is 5. The number of aromatic nitrogens is 2. The summed E-state index contributed by atoms with van der Waals surface area (Å²) in [5.74, 6) is 0.138. The number of nitrogens with two attached hydrogens (primary N) is 1. The Morgan fingerprint density at radius 3 is 2.65 bits per heavy atom. The van der Waals surface area contributed by atoms with Crippen LogP contribution in [-0.2, 0) is 7.05 Å². The molecule has 1 aromatic rings. The number of nitrogens with one attached hydrogen (secondary N) is 1. The first-order chi connectivity index (χ1) is 8.02. The summed E-state index contributed by atoms with van der Waals surface area (Å²) in [6, 6.07) is 0. The van der Waals surface area contributed by atoms with Gasteiger partial charge in [-0.1, -0.05) is 0 Å². The first kappa shape index (κ1) is 13.3. The van der Waals surface area contributed by atoms with E-state index in [0.29, 0.717) is 19.5 Å². The molecular formula is C10H18N4O3. The maximum absolute atomic E-state index is 11.7. The SMILES string of the molecule is CCN(CCCO)c1c(N)n(C)c(=O)[nH]c1=O. The molecule has 0 aliphatic rings. The molecular weight excluding hydrogens is 224 g/mol. The van der Waals surface area contributed by atoms with Gasteiger partial charge in [0.1, 0.15) is 11.5 Å². The molecule has 0 saturated heterocycles. The number of hydrogen-bond acceptors (Lipinski definition) is 5. The Morgan fingerprint density at radius 1 is 1.47 bits per heavy atom. The molecule has 0 aliphatic heterocycles. The van der Waals surface area contributed by atoms with Crippen LogP contribution in [0.25, 0.3) is 0 Å². The number of nitrogens with zero attached hydrogens (tertiary/aromatic N) is 2. The molecule has 1 aromatic heterocycles. The number of aliphatic hydroxyl groups excluding tert-OH is 1. The fourth-order valence-electron chi connectivity index (χ4n) is 1.62. The van der Waals surface area contributed by atoms with E-state index in [0.717, 1.165) is 0 Å². The fraction of sp³-hybridized carbons (Fsp3) is 0.600. The molecule has 0 saturated carbocycles. The zero-order valence-electron chi connectivity index (χ0n) is 10.1. The van der Waals surface area contributed by atoms with Crippen molar-refractivity contribution in [2.75, 3.05) is 30.3 Å². The zero-order chi connectivity index (χ0) is 13.0. The van der Waals surface area contributed by atoms with Gasteiger partial charge in [0.05, 0.1) is 0 Å². The van der Waals surface area contributed by atoms with Crippen molar-refractivity contribution in [1.29, 1.82) is 0 Å². The van der Waals surface area contributed by atoms with Crippen LogP contribution in [0.4, 0.5) is 11.5 Å². The molecule has 4 N–H and O–H groups in total. The van der Waals surface area contributed by atoms with E-state index in [-0.39, 0.29) is 18.1 Å². The van der Waals surface area contributed by atoms with Gasteiger partial charge in [-0.05, 0) is 13.3 Å². The summed E-state index contributed by atoms with van der Waals surface area (Å²) in [4.78, 5) is 27.0.